The summed E-state index contributed by atoms with van der Waals surface area (Å²) >= 11 is 5.32. The number of nitro groups is 1. The van der Waals surface area contributed by atoms with Gasteiger partial charge >= 0.3 is 0 Å². The van der Waals surface area contributed by atoms with Crippen LogP contribution in [0.3, 0.4) is 0 Å². The maximum absolute atomic E-state index is 10.1. The van der Waals surface area contributed by atoms with Crippen LogP contribution < -0.4 is 0 Å². The number of rotatable bonds is 4. The van der Waals surface area contributed by atoms with Crippen molar-refractivity contribution >= 4 is 75.8 Å². The van der Waals surface area contributed by atoms with Gasteiger partial charge in [-0.2, -0.15) is 0 Å². The monoisotopic (exact) mass is 266 g/mol. The predicted octanol–water partition coefficient (Wildman–Crippen LogP) is 2.54. The smallest absolute Gasteiger partial charge is 0.254 e. The van der Waals surface area contributed by atoms with Gasteiger partial charge in [-0.3, -0.25) is 10.1 Å². The topological polar surface area (TPSA) is 43.1 Å². The summed E-state index contributed by atoms with van der Waals surface area (Å²) in [5.41, 5.74) is 1.13. The van der Waals surface area contributed by atoms with E-state index in [9.17, 15) is 10.1 Å². The van der Waals surface area contributed by atoms with E-state index in [2.05, 4.69) is 12.6 Å². The van der Waals surface area contributed by atoms with E-state index in [1.807, 2.05) is 30.3 Å². The van der Waals surface area contributed by atoms with E-state index in [0.29, 0.717) is 9.99 Å². The van der Waals surface area contributed by atoms with Crippen LogP contribution in [0.15, 0.2) is 40.8 Å². The number of thiol groups is 1. The molecular weight excluding hydrogens is 257 g/mol. The average Bonchev–Trinajstić information content (AvgIpc) is 2.15. The Morgan fingerprint density at radius 2 is 2.07 bits per heavy atom. The third-order valence-corrected chi connectivity index (χ3v) is 2.83. The fraction of sp³-hybridized carbons (Fsp3) is 0.111. The Bertz CT molecular complexity index is 343. The molecule has 0 amide bonds. The molecule has 75 valence electrons. The van der Waals surface area contributed by atoms with E-state index in [1.54, 1.807) is 0 Å². The number of thioether (sulfide) groups is 1. The van der Waals surface area contributed by atoms with Gasteiger partial charge in [0.05, 0.1) is 4.92 Å². The zero-order chi connectivity index (χ0) is 10.4. The molecule has 0 aliphatic carbocycles. The molecule has 1 rings (SSSR count). The van der Waals surface area contributed by atoms with E-state index in [4.69, 9.17) is 0 Å². The zero-order valence-corrected chi connectivity index (χ0v) is 13.1. The van der Waals surface area contributed by atoms with Crippen LogP contribution in [-0.4, -0.2) is 56.3 Å². The maximum Gasteiger partial charge on any atom is 0.254 e. The van der Waals surface area contributed by atoms with Gasteiger partial charge in [0.1, 0.15) is 4.24 Å². The van der Waals surface area contributed by atoms with Gasteiger partial charge in [0.2, 0.25) is 0 Å². The quantitative estimate of drug-likeness (QED) is 0.394. The molecule has 0 spiro atoms. The maximum atomic E-state index is 10.1. The predicted molar refractivity (Wildman–Crippen MR) is 67.6 cm³/mol. The van der Waals surface area contributed by atoms with Crippen LogP contribution in [0.4, 0.5) is 0 Å². The van der Waals surface area contributed by atoms with Crippen molar-refractivity contribution in [3.05, 3.63) is 56.4 Å². The molecule has 0 N–H and O–H groups in total. The third kappa shape index (κ3) is 7.56. The first-order chi connectivity index (χ1) is 6.68. The standard InChI is InChI=1S/C9H9NO2S2.K/c11-10(12)6-9(13)14-7-8-4-2-1-3-5-8;/h1-6,13H,7H2;. The summed E-state index contributed by atoms with van der Waals surface area (Å²) in [7, 11) is 0. The summed E-state index contributed by atoms with van der Waals surface area (Å²) in [4.78, 5) is 9.59. The van der Waals surface area contributed by atoms with Crippen molar-refractivity contribution in [3.63, 3.8) is 0 Å². The molecular formula is C9H9KNO2S2. The van der Waals surface area contributed by atoms with E-state index >= 15 is 0 Å². The minimum atomic E-state index is -0.500. The molecule has 0 saturated heterocycles. The summed E-state index contributed by atoms with van der Waals surface area (Å²) < 4.78 is 0.416. The van der Waals surface area contributed by atoms with Crippen molar-refractivity contribution in [2.24, 2.45) is 0 Å². The van der Waals surface area contributed by atoms with Crippen molar-refractivity contribution in [3.8, 4) is 0 Å². The van der Waals surface area contributed by atoms with Crippen LogP contribution in [0.25, 0.3) is 0 Å². The first kappa shape index (κ1) is 15.7. The van der Waals surface area contributed by atoms with Crippen LogP contribution in [0.1, 0.15) is 5.56 Å². The Morgan fingerprint density at radius 1 is 1.47 bits per heavy atom. The molecule has 0 aliphatic heterocycles. The number of nitrogens with zero attached hydrogens (tertiary/aromatic N) is 1. The minimum Gasteiger partial charge on any atom is -0.259 e. The first-order valence-corrected chi connectivity index (χ1v) is 5.33. The SMILES string of the molecule is O=[N+]([O-])C=C(S)SCc1ccccc1.[K]. The molecule has 6 heteroatoms. The zero-order valence-electron chi connectivity index (χ0n) is 8.29. The molecule has 1 radical (unpaired) electrons. The second-order valence-corrected chi connectivity index (χ2v) is 4.33. The Kier molecular flexibility index (Phi) is 9.21. The Hall–Kier alpha value is 0.696. The molecule has 0 unspecified atom stereocenters. The summed E-state index contributed by atoms with van der Waals surface area (Å²) in [6.07, 6.45) is 0.900. The molecule has 0 aromatic heterocycles. The molecule has 15 heavy (non-hydrogen) atoms. The van der Waals surface area contributed by atoms with Crippen LogP contribution >= 0.6 is 24.4 Å². The van der Waals surface area contributed by atoms with E-state index in [1.165, 1.54) is 11.8 Å². The second-order valence-electron chi connectivity index (χ2n) is 2.53. The van der Waals surface area contributed by atoms with Crippen LogP contribution in [0.2, 0.25) is 0 Å². The number of benzene rings is 1. The largest absolute Gasteiger partial charge is 0.259 e. The second kappa shape index (κ2) is 8.80. The van der Waals surface area contributed by atoms with Crippen molar-refractivity contribution in [1.82, 2.24) is 0 Å². The van der Waals surface area contributed by atoms with Gasteiger partial charge in [-0.05, 0) is 5.56 Å². The number of hydrogen-bond acceptors (Lipinski definition) is 4. The molecule has 1 aromatic carbocycles. The van der Waals surface area contributed by atoms with Gasteiger partial charge in [0, 0.05) is 57.1 Å². The molecule has 0 saturated carbocycles. The summed E-state index contributed by atoms with van der Waals surface area (Å²) in [6.45, 7) is 0. The van der Waals surface area contributed by atoms with Crippen molar-refractivity contribution in [2.75, 3.05) is 0 Å². The average molecular weight is 266 g/mol. The van der Waals surface area contributed by atoms with Gasteiger partial charge in [-0.25, -0.2) is 0 Å². The van der Waals surface area contributed by atoms with Crippen molar-refractivity contribution in [2.45, 2.75) is 5.75 Å². The van der Waals surface area contributed by atoms with E-state index < -0.39 is 4.92 Å². The van der Waals surface area contributed by atoms with Gasteiger partial charge in [0.25, 0.3) is 6.20 Å². The van der Waals surface area contributed by atoms with Crippen LogP contribution in [0, 0.1) is 10.1 Å². The van der Waals surface area contributed by atoms with Gasteiger partial charge in [-0.1, -0.05) is 30.3 Å². The Balaban J connectivity index is 0.00000196. The van der Waals surface area contributed by atoms with Crippen LogP contribution in [-0.2, 0) is 5.75 Å². The summed E-state index contributed by atoms with van der Waals surface area (Å²) in [5, 5.41) is 10.1. The fourth-order valence-electron chi connectivity index (χ4n) is 0.859. The molecule has 3 nitrogen and oxygen atoms in total. The first-order valence-electron chi connectivity index (χ1n) is 3.89. The van der Waals surface area contributed by atoms with Crippen molar-refractivity contribution < 1.29 is 4.92 Å². The van der Waals surface area contributed by atoms with Crippen LogP contribution in [0.5, 0.6) is 0 Å². The Morgan fingerprint density at radius 3 is 2.60 bits per heavy atom. The van der Waals surface area contributed by atoms with Gasteiger partial charge in [-0.15, -0.1) is 24.4 Å². The molecule has 0 bridgehead atoms. The minimum absolute atomic E-state index is 0. The fourth-order valence-corrected chi connectivity index (χ4v) is 1.81. The van der Waals surface area contributed by atoms with Crippen molar-refractivity contribution in [1.29, 1.82) is 0 Å². The summed E-state index contributed by atoms with van der Waals surface area (Å²) in [6, 6.07) is 9.75. The normalized spacial score (nSPS) is 10.6. The molecule has 0 heterocycles. The number of hydrogen-bond donors (Lipinski definition) is 1. The Labute approximate surface area is 141 Å². The molecule has 0 fully saturated rings. The third-order valence-electron chi connectivity index (χ3n) is 1.45. The van der Waals surface area contributed by atoms with Gasteiger partial charge in [0.15, 0.2) is 0 Å². The molecule has 1 aromatic rings. The van der Waals surface area contributed by atoms with Gasteiger partial charge < -0.3 is 0 Å². The molecule has 0 atom stereocenters. The van der Waals surface area contributed by atoms with E-state index in [-0.39, 0.29) is 51.4 Å². The van der Waals surface area contributed by atoms with E-state index in [0.717, 1.165) is 11.8 Å². The molecule has 0 aliphatic rings. The summed E-state index contributed by atoms with van der Waals surface area (Å²) in [5.74, 6) is 0.698.